The quantitative estimate of drug-likeness (QED) is 0.452. The molecule has 2 rings (SSSR count). The Morgan fingerprint density at radius 2 is 2.04 bits per heavy atom. The van der Waals surface area contributed by atoms with Crippen molar-refractivity contribution in [3.63, 3.8) is 0 Å². The van der Waals surface area contributed by atoms with Crippen LogP contribution in [-0.2, 0) is 16.1 Å². The number of hydrogen-bond acceptors (Lipinski definition) is 5. The number of hydrogen-bond donors (Lipinski definition) is 0. The molecule has 24 heavy (non-hydrogen) atoms. The van der Waals surface area contributed by atoms with Crippen LogP contribution in [0, 0.1) is 6.92 Å². The van der Waals surface area contributed by atoms with Crippen molar-refractivity contribution in [3.05, 3.63) is 42.5 Å². The molecule has 0 saturated carbocycles. The predicted molar refractivity (Wildman–Crippen MR) is 97.0 cm³/mol. The van der Waals surface area contributed by atoms with E-state index in [0.717, 1.165) is 17.0 Å². The Balaban J connectivity index is 2.21. The Hall–Kier alpha value is -2.08. The van der Waals surface area contributed by atoms with Crippen molar-refractivity contribution in [3.8, 4) is 11.4 Å². The fraction of sp³-hybridized carbons (Fsp3) is 0.389. The second-order valence-electron chi connectivity index (χ2n) is 6.40. The van der Waals surface area contributed by atoms with Crippen molar-refractivity contribution < 1.29 is 9.53 Å². The van der Waals surface area contributed by atoms with Crippen molar-refractivity contribution in [1.29, 1.82) is 0 Å². The zero-order valence-corrected chi connectivity index (χ0v) is 15.4. The maximum absolute atomic E-state index is 11.9. The van der Waals surface area contributed by atoms with E-state index in [1.807, 2.05) is 56.5 Å². The van der Waals surface area contributed by atoms with Gasteiger partial charge in [-0.3, -0.25) is 9.36 Å². The number of benzene rings is 1. The summed E-state index contributed by atoms with van der Waals surface area (Å²) >= 11 is 1.32. The van der Waals surface area contributed by atoms with E-state index in [-0.39, 0.29) is 11.7 Å². The summed E-state index contributed by atoms with van der Waals surface area (Å²) in [5.41, 5.74) is 1.66. The summed E-state index contributed by atoms with van der Waals surface area (Å²) in [5.74, 6) is 0.707. The van der Waals surface area contributed by atoms with Crippen LogP contribution in [0.25, 0.3) is 11.4 Å². The molecule has 6 heteroatoms. The Morgan fingerprint density at radius 3 is 2.67 bits per heavy atom. The molecule has 5 nitrogen and oxygen atoms in total. The second kappa shape index (κ2) is 7.66. The monoisotopic (exact) mass is 345 g/mol. The molecule has 2 aromatic rings. The minimum absolute atomic E-state index is 0.195. The van der Waals surface area contributed by atoms with E-state index in [9.17, 15) is 4.79 Å². The van der Waals surface area contributed by atoms with Crippen molar-refractivity contribution in [2.75, 3.05) is 5.75 Å². The highest BCUT2D eigenvalue weighted by molar-refractivity contribution is 7.99. The number of nitrogens with zero attached hydrogens (tertiary/aromatic N) is 3. The number of carbonyl (C=O) groups is 1. The lowest BCUT2D eigenvalue weighted by molar-refractivity contribution is -0.151. The number of aromatic nitrogens is 3. The van der Waals surface area contributed by atoms with Crippen LogP contribution in [0.2, 0.25) is 0 Å². The molecule has 0 fully saturated rings. The minimum Gasteiger partial charge on any atom is -0.459 e. The molecular formula is C18H23N3O2S. The Labute approximate surface area is 147 Å². The number of allylic oxidation sites excluding steroid dienone is 1. The van der Waals surface area contributed by atoms with E-state index in [2.05, 4.69) is 16.8 Å². The molecular weight excluding hydrogens is 322 g/mol. The van der Waals surface area contributed by atoms with Gasteiger partial charge in [0.1, 0.15) is 5.60 Å². The van der Waals surface area contributed by atoms with Gasteiger partial charge in [-0.25, -0.2) is 0 Å². The number of aryl methyl sites for hydroxylation is 1. The number of ether oxygens (including phenoxy) is 1. The largest absolute Gasteiger partial charge is 0.459 e. The van der Waals surface area contributed by atoms with Gasteiger partial charge in [-0.15, -0.1) is 16.8 Å². The third kappa shape index (κ3) is 4.71. The van der Waals surface area contributed by atoms with Gasteiger partial charge >= 0.3 is 5.97 Å². The molecule has 1 aromatic carbocycles. The summed E-state index contributed by atoms with van der Waals surface area (Å²) < 4.78 is 7.30. The van der Waals surface area contributed by atoms with Gasteiger partial charge in [-0.05, 0) is 33.3 Å². The van der Waals surface area contributed by atoms with Crippen LogP contribution < -0.4 is 0 Å². The van der Waals surface area contributed by atoms with Gasteiger partial charge in [0.25, 0.3) is 0 Å². The number of esters is 1. The number of rotatable bonds is 6. The SMILES string of the molecule is C=CCn1c(SCC(=O)OC(C)(C)C)nnc1-c1ccccc1C. The fourth-order valence-electron chi connectivity index (χ4n) is 2.21. The van der Waals surface area contributed by atoms with Gasteiger partial charge in [0.05, 0.1) is 5.75 Å². The highest BCUT2D eigenvalue weighted by atomic mass is 32.2. The van der Waals surface area contributed by atoms with E-state index >= 15 is 0 Å². The number of carbonyl (C=O) groups excluding carboxylic acids is 1. The molecule has 0 spiro atoms. The van der Waals surface area contributed by atoms with Crippen LogP contribution in [0.3, 0.4) is 0 Å². The maximum Gasteiger partial charge on any atom is 0.316 e. The van der Waals surface area contributed by atoms with Crippen molar-refractivity contribution in [2.45, 2.75) is 45.0 Å². The fourth-order valence-corrected chi connectivity index (χ4v) is 2.93. The first-order chi connectivity index (χ1) is 11.3. The van der Waals surface area contributed by atoms with Crippen molar-refractivity contribution >= 4 is 17.7 Å². The van der Waals surface area contributed by atoms with Crippen LogP contribution in [0.1, 0.15) is 26.3 Å². The molecule has 0 atom stereocenters. The third-order valence-electron chi connectivity index (χ3n) is 3.15. The summed E-state index contributed by atoms with van der Waals surface area (Å²) in [6.45, 7) is 12.0. The Kier molecular flexibility index (Phi) is 5.83. The van der Waals surface area contributed by atoms with Gasteiger partial charge in [-0.1, -0.05) is 42.1 Å². The molecule has 0 radical (unpaired) electrons. The minimum atomic E-state index is -0.487. The lowest BCUT2D eigenvalue weighted by atomic mass is 10.1. The summed E-state index contributed by atoms with van der Waals surface area (Å²) in [7, 11) is 0. The first-order valence-corrected chi connectivity index (χ1v) is 8.75. The molecule has 0 N–H and O–H groups in total. The maximum atomic E-state index is 11.9. The van der Waals surface area contributed by atoms with Gasteiger partial charge in [0.2, 0.25) is 0 Å². The normalized spacial score (nSPS) is 11.3. The molecule has 0 aliphatic rings. The molecule has 0 aliphatic carbocycles. The first-order valence-electron chi connectivity index (χ1n) is 7.76. The molecule has 0 unspecified atom stereocenters. The van der Waals surface area contributed by atoms with Crippen LogP contribution in [0.4, 0.5) is 0 Å². The molecule has 0 saturated heterocycles. The third-order valence-corrected chi connectivity index (χ3v) is 4.09. The highest BCUT2D eigenvalue weighted by Crippen LogP contribution is 2.26. The summed E-state index contributed by atoms with van der Waals surface area (Å²) in [4.78, 5) is 11.9. The Morgan fingerprint density at radius 1 is 1.33 bits per heavy atom. The van der Waals surface area contributed by atoms with Crippen LogP contribution in [-0.4, -0.2) is 32.1 Å². The molecule has 1 heterocycles. The average Bonchev–Trinajstić information content (AvgIpc) is 2.87. The van der Waals surface area contributed by atoms with Gasteiger partial charge in [0, 0.05) is 12.1 Å². The summed E-state index contributed by atoms with van der Waals surface area (Å²) in [6, 6.07) is 8.02. The summed E-state index contributed by atoms with van der Waals surface area (Å²) in [6.07, 6.45) is 1.79. The van der Waals surface area contributed by atoms with E-state index in [0.29, 0.717) is 11.7 Å². The predicted octanol–water partition coefficient (Wildman–Crippen LogP) is 3.87. The van der Waals surface area contributed by atoms with Gasteiger partial charge < -0.3 is 4.74 Å². The van der Waals surface area contributed by atoms with E-state index in [1.54, 1.807) is 6.08 Å². The highest BCUT2D eigenvalue weighted by Gasteiger charge is 2.19. The second-order valence-corrected chi connectivity index (χ2v) is 7.34. The van der Waals surface area contributed by atoms with Crippen LogP contribution in [0.5, 0.6) is 0 Å². The van der Waals surface area contributed by atoms with E-state index < -0.39 is 5.60 Å². The molecule has 0 bridgehead atoms. The van der Waals surface area contributed by atoms with E-state index in [1.165, 1.54) is 11.8 Å². The molecule has 0 aliphatic heterocycles. The lowest BCUT2D eigenvalue weighted by Crippen LogP contribution is -2.25. The van der Waals surface area contributed by atoms with Crippen LogP contribution in [0.15, 0.2) is 42.1 Å². The van der Waals surface area contributed by atoms with Crippen molar-refractivity contribution in [2.24, 2.45) is 0 Å². The van der Waals surface area contributed by atoms with Gasteiger partial charge in [0.15, 0.2) is 11.0 Å². The zero-order valence-electron chi connectivity index (χ0n) is 14.6. The topological polar surface area (TPSA) is 57.0 Å². The molecule has 128 valence electrons. The molecule has 1 aromatic heterocycles. The van der Waals surface area contributed by atoms with E-state index in [4.69, 9.17) is 4.74 Å². The average molecular weight is 345 g/mol. The first kappa shape index (κ1) is 18.3. The summed E-state index contributed by atoms with van der Waals surface area (Å²) in [5, 5.41) is 9.23. The smallest absolute Gasteiger partial charge is 0.316 e. The molecule has 0 amide bonds. The van der Waals surface area contributed by atoms with Gasteiger partial charge in [-0.2, -0.15) is 0 Å². The zero-order chi connectivity index (χ0) is 17.7. The lowest BCUT2D eigenvalue weighted by Gasteiger charge is -2.19. The Bertz CT molecular complexity index is 732. The van der Waals surface area contributed by atoms with Crippen LogP contribution >= 0.6 is 11.8 Å². The van der Waals surface area contributed by atoms with Crippen molar-refractivity contribution in [1.82, 2.24) is 14.8 Å². The standard InChI is InChI=1S/C18H23N3O2S/c1-6-11-21-16(14-10-8-7-9-13(14)2)19-20-17(21)24-12-15(22)23-18(3,4)5/h6-10H,1,11-12H2,2-5H3. The number of thioether (sulfide) groups is 1.